The molecule has 0 aromatic heterocycles. The first-order valence-corrected chi connectivity index (χ1v) is 10.4. The Morgan fingerprint density at radius 2 is 1.78 bits per heavy atom. The number of terminal acetylenes is 1. The number of amidine groups is 1. The van der Waals surface area contributed by atoms with E-state index in [2.05, 4.69) is 17.1 Å². The molecule has 0 bridgehead atoms. The van der Waals surface area contributed by atoms with Gasteiger partial charge in [0, 0.05) is 32.7 Å². The topological polar surface area (TPSA) is 68.9 Å². The summed E-state index contributed by atoms with van der Waals surface area (Å²) in [5.74, 6) is 1.94. The van der Waals surface area contributed by atoms with E-state index in [4.69, 9.17) is 11.2 Å². The number of benzene rings is 2. The first-order valence-electron chi connectivity index (χ1n) is 10.4. The largest absolute Gasteiger partial charge is 0.457 e. The number of nitriles is 1. The Labute approximate surface area is 190 Å². The summed E-state index contributed by atoms with van der Waals surface area (Å²) in [7, 11) is 1.77. The molecule has 0 heterocycles. The van der Waals surface area contributed by atoms with Gasteiger partial charge < -0.3 is 14.5 Å². The van der Waals surface area contributed by atoms with Crippen LogP contribution in [0.3, 0.4) is 0 Å². The quantitative estimate of drug-likeness (QED) is 0.259. The fourth-order valence-electron chi connectivity index (χ4n) is 3.02. The Bertz CT molecular complexity index is 1030. The Kier molecular flexibility index (Phi) is 9.56. The molecule has 0 unspecified atom stereocenters. The molecule has 6 nitrogen and oxygen atoms in total. The lowest BCUT2D eigenvalue weighted by molar-refractivity contribution is -0.129. The summed E-state index contributed by atoms with van der Waals surface area (Å²) in [6.45, 7) is 5.34. The van der Waals surface area contributed by atoms with Crippen molar-refractivity contribution in [2.75, 3.05) is 26.7 Å². The van der Waals surface area contributed by atoms with Crippen LogP contribution in [0.2, 0.25) is 0 Å². The monoisotopic (exact) mass is 428 g/mol. The van der Waals surface area contributed by atoms with Crippen molar-refractivity contribution in [2.24, 2.45) is 4.99 Å². The van der Waals surface area contributed by atoms with E-state index in [9.17, 15) is 10.1 Å². The number of likely N-dealkylation sites (N-methyl/N-ethyl adjacent to an activating group) is 2. The second kappa shape index (κ2) is 12.6. The molecule has 0 radical (unpaired) electrons. The lowest BCUT2D eigenvalue weighted by Crippen LogP contribution is -2.40. The number of allylic oxidation sites excluding steroid dienone is 1. The van der Waals surface area contributed by atoms with Crippen molar-refractivity contribution in [1.29, 1.82) is 5.26 Å². The fourth-order valence-corrected chi connectivity index (χ4v) is 3.02. The maximum Gasteiger partial charge on any atom is 0.226 e. The van der Waals surface area contributed by atoms with Gasteiger partial charge in [0.15, 0.2) is 5.84 Å². The smallest absolute Gasteiger partial charge is 0.226 e. The lowest BCUT2D eigenvalue weighted by atomic mass is 10.1. The van der Waals surface area contributed by atoms with Gasteiger partial charge in [-0.3, -0.25) is 4.79 Å². The van der Waals surface area contributed by atoms with Crippen molar-refractivity contribution in [3.63, 3.8) is 0 Å². The number of carbonyl (C=O) groups excluding carboxylic acids is 1. The van der Waals surface area contributed by atoms with Crippen LogP contribution < -0.4 is 4.74 Å². The third kappa shape index (κ3) is 7.04. The van der Waals surface area contributed by atoms with Gasteiger partial charge in [-0.1, -0.05) is 42.8 Å². The molecule has 0 N–H and O–H groups in total. The average Bonchev–Trinajstić information content (AvgIpc) is 2.82. The maximum absolute atomic E-state index is 12.7. The number of rotatable bonds is 9. The van der Waals surface area contributed by atoms with Gasteiger partial charge in [0.25, 0.3) is 0 Å². The van der Waals surface area contributed by atoms with Crippen LogP contribution in [0, 0.1) is 23.8 Å². The summed E-state index contributed by atoms with van der Waals surface area (Å²) in [6.07, 6.45) is 7.31. The molecule has 164 valence electrons. The summed E-state index contributed by atoms with van der Waals surface area (Å²) >= 11 is 0. The third-order valence-corrected chi connectivity index (χ3v) is 4.89. The molecular formula is C26H28N4O2. The van der Waals surface area contributed by atoms with E-state index in [1.165, 1.54) is 0 Å². The normalized spacial score (nSPS) is 11.3. The van der Waals surface area contributed by atoms with Gasteiger partial charge in [0.05, 0.1) is 12.0 Å². The molecule has 0 aliphatic heterocycles. The van der Waals surface area contributed by atoms with Gasteiger partial charge in [-0.15, -0.1) is 0 Å². The van der Waals surface area contributed by atoms with Crippen molar-refractivity contribution < 1.29 is 9.53 Å². The maximum atomic E-state index is 12.7. The van der Waals surface area contributed by atoms with Gasteiger partial charge in [0.2, 0.25) is 5.91 Å². The highest BCUT2D eigenvalue weighted by atomic mass is 16.5. The van der Waals surface area contributed by atoms with Crippen molar-refractivity contribution >= 4 is 11.7 Å². The summed E-state index contributed by atoms with van der Waals surface area (Å²) < 4.78 is 5.79. The predicted octanol–water partition coefficient (Wildman–Crippen LogP) is 4.26. The zero-order valence-corrected chi connectivity index (χ0v) is 18.8. The zero-order chi connectivity index (χ0) is 23.3. The first kappa shape index (κ1) is 24.2. The van der Waals surface area contributed by atoms with E-state index in [-0.39, 0.29) is 12.3 Å². The average molecular weight is 429 g/mol. The Morgan fingerprint density at radius 1 is 1.12 bits per heavy atom. The van der Waals surface area contributed by atoms with Crippen molar-refractivity contribution in [1.82, 2.24) is 9.80 Å². The number of aliphatic imine (C=N–C) groups is 1. The van der Waals surface area contributed by atoms with Crippen LogP contribution in [0.4, 0.5) is 0 Å². The highest BCUT2D eigenvalue weighted by molar-refractivity contribution is 6.02. The van der Waals surface area contributed by atoms with E-state index in [1.807, 2.05) is 66.4 Å². The zero-order valence-electron chi connectivity index (χ0n) is 18.8. The van der Waals surface area contributed by atoms with E-state index in [0.29, 0.717) is 31.0 Å². The van der Waals surface area contributed by atoms with Gasteiger partial charge in [-0.25, -0.2) is 0 Å². The van der Waals surface area contributed by atoms with Crippen LogP contribution in [0.1, 0.15) is 19.4 Å². The van der Waals surface area contributed by atoms with Crippen LogP contribution in [0.15, 0.2) is 71.2 Å². The molecule has 2 aromatic carbocycles. The Hall–Kier alpha value is -4.03. The number of carbonyl (C=O) groups is 1. The second-order valence-corrected chi connectivity index (χ2v) is 7.01. The number of nitrogens with zero attached hydrogens (tertiary/aromatic N) is 4. The predicted molar refractivity (Wildman–Crippen MR) is 127 cm³/mol. The standard InChI is InChI=1S/C26H28N4O2/c1-5-22(20-27)26(28-6-2)30(7-3)18-17-29(4)25(31)19-21-13-15-24(16-14-21)32-23-11-9-8-10-12-23/h2,5,8-16H,7,17-19H2,1,3-4H3/b22-5-,28-26?. The van der Waals surface area contributed by atoms with Gasteiger partial charge in [-0.2, -0.15) is 10.3 Å². The minimum absolute atomic E-state index is 0.000222. The molecule has 2 aromatic rings. The third-order valence-electron chi connectivity index (χ3n) is 4.89. The van der Waals surface area contributed by atoms with E-state index in [0.717, 1.165) is 17.1 Å². The molecule has 2 rings (SSSR count). The SMILES string of the molecule is C#CN=C(/C(C#N)=C\C)N(CC)CCN(C)C(=O)Cc1ccc(Oc2ccccc2)cc1. The van der Waals surface area contributed by atoms with Crippen molar-refractivity contribution in [3.05, 3.63) is 71.8 Å². The summed E-state index contributed by atoms with van der Waals surface area (Å²) in [5, 5.41) is 9.33. The van der Waals surface area contributed by atoms with E-state index in [1.54, 1.807) is 24.9 Å². The molecule has 0 spiro atoms. The fraction of sp³-hybridized carbons (Fsp3) is 0.269. The molecule has 0 aliphatic carbocycles. The number of hydrogen-bond donors (Lipinski definition) is 0. The van der Waals surface area contributed by atoms with Gasteiger partial charge >= 0.3 is 0 Å². The molecule has 0 saturated heterocycles. The minimum Gasteiger partial charge on any atom is -0.457 e. The summed E-state index contributed by atoms with van der Waals surface area (Å²) in [6, 6.07) is 21.4. The Morgan fingerprint density at radius 3 is 2.34 bits per heavy atom. The van der Waals surface area contributed by atoms with Gasteiger partial charge in [-0.05, 0) is 43.7 Å². The number of hydrogen-bond acceptors (Lipinski definition) is 4. The Balaban J connectivity index is 1.94. The van der Waals surface area contributed by atoms with Crippen molar-refractivity contribution in [2.45, 2.75) is 20.3 Å². The second-order valence-electron chi connectivity index (χ2n) is 7.01. The number of para-hydroxylation sites is 1. The van der Waals surface area contributed by atoms with Crippen LogP contribution in [-0.4, -0.2) is 48.2 Å². The summed E-state index contributed by atoms with van der Waals surface area (Å²) in [5.41, 5.74) is 1.32. The van der Waals surface area contributed by atoms with Crippen LogP contribution in [0.5, 0.6) is 11.5 Å². The molecular weight excluding hydrogens is 400 g/mol. The number of ether oxygens (including phenoxy) is 1. The lowest BCUT2D eigenvalue weighted by Gasteiger charge is -2.26. The van der Waals surface area contributed by atoms with Crippen LogP contribution in [0.25, 0.3) is 0 Å². The van der Waals surface area contributed by atoms with E-state index < -0.39 is 0 Å². The highest BCUT2D eigenvalue weighted by Crippen LogP contribution is 2.21. The molecule has 0 atom stereocenters. The molecule has 6 heteroatoms. The number of amides is 1. The molecule has 0 aliphatic rings. The summed E-state index contributed by atoms with van der Waals surface area (Å²) in [4.78, 5) is 20.3. The van der Waals surface area contributed by atoms with Crippen LogP contribution in [-0.2, 0) is 11.2 Å². The molecule has 0 fully saturated rings. The molecule has 0 saturated carbocycles. The van der Waals surface area contributed by atoms with E-state index >= 15 is 0 Å². The van der Waals surface area contributed by atoms with Crippen LogP contribution >= 0.6 is 0 Å². The van der Waals surface area contributed by atoms with Crippen molar-refractivity contribution in [3.8, 4) is 30.0 Å². The van der Waals surface area contributed by atoms with Gasteiger partial charge in [0.1, 0.15) is 17.6 Å². The molecule has 32 heavy (non-hydrogen) atoms. The molecule has 1 amide bonds. The first-order chi connectivity index (χ1) is 15.5. The highest BCUT2D eigenvalue weighted by Gasteiger charge is 2.16. The minimum atomic E-state index is -0.000222.